The molecule has 0 radical (unpaired) electrons. The van der Waals surface area contributed by atoms with Gasteiger partial charge in [-0.3, -0.25) is 0 Å². The van der Waals surface area contributed by atoms with Gasteiger partial charge in [-0.2, -0.15) is 0 Å². The number of rotatable bonds is 5. The molecule has 0 spiro atoms. The van der Waals surface area contributed by atoms with Gasteiger partial charge in [0, 0.05) is 12.2 Å². The van der Waals surface area contributed by atoms with Crippen molar-refractivity contribution in [3.8, 4) is 0 Å². The van der Waals surface area contributed by atoms with Crippen molar-refractivity contribution in [3.05, 3.63) is 12.2 Å². The first-order valence-corrected chi connectivity index (χ1v) is 7.02. The van der Waals surface area contributed by atoms with E-state index >= 15 is 0 Å². The molecule has 0 saturated heterocycles. The van der Waals surface area contributed by atoms with Crippen LogP contribution in [0.1, 0.15) is 46.5 Å². The van der Waals surface area contributed by atoms with Crippen molar-refractivity contribution in [2.24, 2.45) is 11.8 Å². The lowest BCUT2D eigenvalue weighted by Gasteiger charge is -2.25. The van der Waals surface area contributed by atoms with E-state index in [-0.39, 0.29) is 12.0 Å². The SMILES string of the molecule is CC(C)COC(=O)/C=C/C(=O)OC1CCC(C)CC1. The van der Waals surface area contributed by atoms with Crippen molar-refractivity contribution in [2.45, 2.75) is 52.6 Å². The summed E-state index contributed by atoms with van der Waals surface area (Å²) in [5.74, 6) is 0.0500. The van der Waals surface area contributed by atoms with Crippen LogP contribution in [0.2, 0.25) is 0 Å². The van der Waals surface area contributed by atoms with E-state index in [9.17, 15) is 9.59 Å². The first-order chi connectivity index (χ1) is 8.97. The predicted molar refractivity (Wildman–Crippen MR) is 72.4 cm³/mol. The summed E-state index contributed by atoms with van der Waals surface area (Å²) in [6, 6.07) is 0. The van der Waals surface area contributed by atoms with Gasteiger partial charge in [0.2, 0.25) is 0 Å². The van der Waals surface area contributed by atoms with E-state index in [0.29, 0.717) is 6.61 Å². The number of ether oxygens (including phenoxy) is 2. The smallest absolute Gasteiger partial charge is 0.331 e. The largest absolute Gasteiger partial charge is 0.462 e. The van der Waals surface area contributed by atoms with Crippen LogP contribution < -0.4 is 0 Å². The zero-order chi connectivity index (χ0) is 14.3. The summed E-state index contributed by atoms with van der Waals surface area (Å²) in [6.45, 7) is 6.48. The summed E-state index contributed by atoms with van der Waals surface area (Å²) in [6.07, 6.45) is 6.31. The summed E-state index contributed by atoms with van der Waals surface area (Å²) < 4.78 is 10.2. The summed E-state index contributed by atoms with van der Waals surface area (Å²) in [5, 5.41) is 0. The molecular weight excluding hydrogens is 244 g/mol. The third kappa shape index (κ3) is 6.99. The molecule has 0 unspecified atom stereocenters. The van der Waals surface area contributed by atoms with Gasteiger partial charge in [-0.05, 0) is 37.5 Å². The van der Waals surface area contributed by atoms with Gasteiger partial charge in [-0.1, -0.05) is 20.8 Å². The number of carbonyl (C=O) groups is 2. The Hall–Kier alpha value is -1.32. The molecule has 0 N–H and O–H groups in total. The van der Waals surface area contributed by atoms with Crippen molar-refractivity contribution in [3.63, 3.8) is 0 Å². The molecule has 1 aliphatic rings. The van der Waals surface area contributed by atoms with Crippen LogP contribution in [0.25, 0.3) is 0 Å². The predicted octanol–water partition coefficient (Wildman–Crippen LogP) is 2.86. The minimum Gasteiger partial charge on any atom is -0.462 e. The van der Waals surface area contributed by atoms with Crippen LogP contribution >= 0.6 is 0 Å². The van der Waals surface area contributed by atoms with Crippen LogP contribution in [0.15, 0.2) is 12.2 Å². The fourth-order valence-corrected chi connectivity index (χ4v) is 1.98. The second kappa shape index (κ2) is 7.97. The fraction of sp³-hybridized carbons (Fsp3) is 0.733. The molecule has 1 saturated carbocycles. The Morgan fingerprint density at radius 3 is 2.26 bits per heavy atom. The van der Waals surface area contributed by atoms with E-state index in [1.807, 2.05) is 13.8 Å². The highest BCUT2D eigenvalue weighted by Gasteiger charge is 2.20. The van der Waals surface area contributed by atoms with E-state index in [2.05, 4.69) is 6.92 Å². The summed E-state index contributed by atoms with van der Waals surface area (Å²) in [5.41, 5.74) is 0. The Labute approximate surface area is 115 Å². The summed E-state index contributed by atoms with van der Waals surface area (Å²) >= 11 is 0. The zero-order valence-electron chi connectivity index (χ0n) is 12.1. The molecule has 0 aromatic rings. The van der Waals surface area contributed by atoms with Crippen LogP contribution in [0.5, 0.6) is 0 Å². The maximum absolute atomic E-state index is 11.5. The third-order valence-corrected chi connectivity index (χ3v) is 3.16. The van der Waals surface area contributed by atoms with E-state index in [1.165, 1.54) is 0 Å². The average molecular weight is 268 g/mol. The molecule has 0 aromatic heterocycles. The Morgan fingerprint density at radius 2 is 1.68 bits per heavy atom. The Kier molecular flexibility index (Phi) is 6.60. The normalized spacial score (nSPS) is 23.6. The highest BCUT2D eigenvalue weighted by Crippen LogP contribution is 2.25. The Balaban J connectivity index is 2.24. The molecule has 108 valence electrons. The Morgan fingerprint density at radius 1 is 1.11 bits per heavy atom. The molecule has 0 amide bonds. The number of hydrogen-bond donors (Lipinski definition) is 0. The van der Waals surface area contributed by atoms with Gasteiger partial charge in [0.15, 0.2) is 0 Å². The average Bonchev–Trinajstić information content (AvgIpc) is 2.36. The molecule has 4 nitrogen and oxygen atoms in total. The molecule has 0 bridgehead atoms. The quantitative estimate of drug-likeness (QED) is 0.568. The number of carbonyl (C=O) groups excluding carboxylic acids is 2. The first kappa shape index (κ1) is 15.7. The summed E-state index contributed by atoms with van der Waals surface area (Å²) in [7, 11) is 0. The van der Waals surface area contributed by atoms with Gasteiger partial charge in [-0.25, -0.2) is 9.59 Å². The monoisotopic (exact) mass is 268 g/mol. The number of esters is 2. The topological polar surface area (TPSA) is 52.6 Å². The van der Waals surface area contributed by atoms with Crippen molar-refractivity contribution < 1.29 is 19.1 Å². The van der Waals surface area contributed by atoms with Gasteiger partial charge in [-0.15, -0.1) is 0 Å². The Bertz CT molecular complexity index is 325. The van der Waals surface area contributed by atoms with Crippen LogP contribution in [-0.2, 0) is 19.1 Å². The number of hydrogen-bond acceptors (Lipinski definition) is 4. The van der Waals surface area contributed by atoms with Crippen molar-refractivity contribution in [1.29, 1.82) is 0 Å². The van der Waals surface area contributed by atoms with Crippen LogP contribution in [-0.4, -0.2) is 24.6 Å². The first-order valence-electron chi connectivity index (χ1n) is 7.02. The van der Waals surface area contributed by atoms with Crippen LogP contribution in [0.4, 0.5) is 0 Å². The molecular formula is C15H24O4. The molecule has 1 aliphatic carbocycles. The van der Waals surface area contributed by atoms with Crippen molar-refractivity contribution in [1.82, 2.24) is 0 Å². The van der Waals surface area contributed by atoms with E-state index in [0.717, 1.165) is 43.8 Å². The fourth-order valence-electron chi connectivity index (χ4n) is 1.98. The molecule has 1 fully saturated rings. The highest BCUT2D eigenvalue weighted by atomic mass is 16.5. The zero-order valence-corrected chi connectivity index (χ0v) is 12.1. The maximum atomic E-state index is 11.5. The van der Waals surface area contributed by atoms with E-state index < -0.39 is 11.9 Å². The second-order valence-electron chi connectivity index (χ2n) is 5.68. The highest BCUT2D eigenvalue weighted by molar-refractivity contribution is 5.91. The second-order valence-corrected chi connectivity index (χ2v) is 5.68. The van der Waals surface area contributed by atoms with Gasteiger partial charge in [0.05, 0.1) is 6.61 Å². The third-order valence-electron chi connectivity index (χ3n) is 3.16. The van der Waals surface area contributed by atoms with Crippen molar-refractivity contribution >= 4 is 11.9 Å². The van der Waals surface area contributed by atoms with Gasteiger partial charge in [0.1, 0.15) is 6.10 Å². The van der Waals surface area contributed by atoms with Gasteiger partial charge in [0.25, 0.3) is 0 Å². The summed E-state index contributed by atoms with van der Waals surface area (Å²) in [4.78, 5) is 22.8. The van der Waals surface area contributed by atoms with Crippen LogP contribution in [0.3, 0.4) is 0 Å². The van der Waals surface area contributed by atoms with Gasteiger partial charge < -0.3 is 9.47 Å². The molecule has 0 atom stereocenters. The minimum atomic E-state index is -0.497. The van der Waals surface area contributed by atoms with Crippen LogP contribution in [0, 0.1) is 11.8 Å². The molecule has 1 rings (SSSR count). The standard InChI is InChI=1S/C15H24O4/c1-11(2)10-18-14(16)8-9-15(17)19-13-6-4-12(3)5-7-13/h8-9,11-13H,4-7,10H2,1-3H3/b9-8+. The molecule has 0 aliphatic heterocycles. The lowest BCUT2D eigenvalue weighted by Crippen LogP contribution is -2.22. The maximum Gasteiger partial charge on any atom is 0.331 e. The lowest BCUT2D eigenvalue weighted by atomic mass is 9.89. The van der Waals surface area contributed by atoms with E-state index in [4.69, 9.17) is 9.47 Å². The van der Waals surface area contributed by atoms with Gasteiger partial charge >= 0.3 is 11.9 Å². The molecule has 0 heterocycles. The molecule has 0 aromatic carbocycles. The van der Waals surface area contributed by atoms with E-state index in [1.54, 1.807) is 0 Å². The molecule has 4 heteroatoms. The lowest BCUT2D eigenvalue weighted by molar-refractivity contribution is -0.145. The molecule has 19 heavy (non-hydrogen) atoms. The minimum absolute atomic E-state index is 0.0000319. The van der Waals surface area contributed by atoms with Crippen molar-refractivity contribution in [2.75, 3.05) is 6.61 Å².